The fraction of sp³-hybridized carbons (Fsp3) is 0. The highest BCUT2D eigenvalue weighted by Crippen LogP contribution is 2.39. The topological polar surface area (TPSA) is 31.0 Å². The highest BCUT2D eigenvalue weighted by atomic mass is 16.3. The van der Waals surface area contributed by atoms with Gasteiger partial charge in [-0.15, -0.1) is 0 Å². The van der Waals surface area contributed by atoms with Crippen molar-refractivity contribution < 1.29 is 4.42 Å². The summed E-state index contributed by atoms with van der Waals surface area (Å²) < 4.78 is 8.79. The number of pyridine rings is 1. The Morgan fingerprint density at radius 2 is 0.955 bits per heavy atom. The summed E-state index contributed by atoms with van der Waals surface area (Å²) in [6.45, 7) is 0. The first-order chi connectivity index (χ1) is 21.8. The Morgan fingerprint density at radius 1 is 0.409 bits per heavy atom. The number of benzene rings is 7. The highest BCUT2D eigenvalue weighted by molar-refractivity contribution is 6.25. The van der Waals surface area contributed by atoms with Crippen molar-refractivity contribution in [3.05, 3.63) is 146 Å². The van der Waals surface area contributed by atoms with E-state index in [-0.39, 0.29) is 0 Å². The van der Waals surface area contributed by atoms with Crippen LogP contribution in [0.5, 0.6) is 0 Å². The fourth-order valence-corrected chi connectivity index (χ4v) is 7.23. The lowest BCUT2D eigenvalue weighted by Gasteiger charge is -2.12. The quantitative estimate of drug-likeness (QED) is 0.197. The molecule has 3 aromatic heterocycles. The van der Waals surface area contributed by atoms with Gasteiger partial charge in [-0.3, -0.25) is 4.57 Å². The lowest BCUT2D eigenvalue weighted by atomic mass is 9.92. The van der Waals surface area contributed by atoms with Gasteiger partial charge < -0.3 is 4.42 Å². The molecule has 7 aromatic carbocycles. The number of fused-ring (bicyclic) bond motifs is 12. The van der Waals surface area contributed by atoms with Gasteiger partial charge in [0.05, 0.1) is 11.2 Å². The number of furan rings is 1. The lowest BCUT2D eigenvalue weighted by Crippen LogP contribution is -1.94. The third-order valence-corrected chi connectivity index (χ3v) is 9.23. The van der Waals surface area contributed by atoms with Gasteiger partial charge in [0.15, 0.2) is 0 Å². The SMILES string of the molecule is c1ccc2c(c1)c1ccccc1c1cc(-c3ccc4c(c3)oc3cc(-n5c6ccccc6c6cccnc65)ccc34)ccc21. The first kappa shape index (κ1) is 23.6. The monoisotopic (exact) mass is 560 g/mol. The summed E-state index contributed by atoms with van der Waals surface area (Å²) in [5, 5.41) is 12.3. The standard InChI is InChI=1S/C41H24N2O/c1-2-10-30-28(8-1)29-9-3-4-11-31(29)37-22-25(15-18-32(30)37)26-16-19-34-35-20-17-27(24-40(35)44-39(34)23-26)43-38-14-6-5-12-33(38)36-13-7-21-42-41(36)43/h1-24H. The molecule has 0 fully saturated rings. The Balaban J connectivity index is 1.14. The van der Waals surface area contributed by atoms with E-state index in [1.807, 2.05) is 12.3 Å². The average molecular weight is 561 g/mol. The molecule has 0 bridgehead atoms. The van der Waals surface area contributed by atoms with Crippen molar-refractivity contribution >= 4 is 76.2 Å². The molecule has 44 heavy (non-hydrogen) atoms. The van der Waals surface area contributed by atoms with E-state index in [9.17, 15) is 0 Å². The molecule has 0 aliphatic heterocycles. The maximum atomic E-state index is 6.56. The number of para-hydroxylation sites is 1. The molecular formula is C41H24N2O. The molecule has 0 aliphatic rings. The van der Waals surface area contributed by atoms with Gasteiger partial charge >= 0.3 is 0 Å². The summed E-state index contributed by atoms with van der Waals surface area (Å²) in [5.74, 6) is 0. The van der Waals surface area contributed by atoms with E-state index in [1.165, 1.54) is 43.3 Å². The van der Waals surface area contributed by atoms with Gasteiger partial charge in [0.1, 0.15) is 16.8 Å². The number of aromatic nitrogens is 2. The van der Waals surface area contributed by atoms with E-state index in [0.717, 1.165) is 49.7 Å². The molecule has 0 saturated carbocycles. The maximum absolute atomic E-state index is 6.56. The molecule has 3 heterocycles. The predicted molar refractivity (Wildman–Crippen MR) is 184 cm³/mol. The van der Waals surface area contributed by atoms with Gasteiger partial charge in [0.25, 0.3) is 0 Å². The summed E-state index contributed by atoms with van der Waals surface area (Å²) in [4.78, 5) is 4.75. The second-order valence-electron chi connectivity index (χ2n) is 11.6. The predicted octanol–water partition coefficient (Wildman–Crippen LogP) is 11.2. The molecule has 0 atom stereocenters. The third-order valence-electron chi connectivity index (χ3n) is 9.23. The Labute approximate surface area is 252 Å². The van der Waals surface area contributed by atoms with Crippen molar-refractivity contribution in [2.24, 2.45) is 0 Å². The Kier molecular flexibility index (Phi) is 4.72. The normalized spacial score (nSPS) is 12.1. The van der Waals surface area contributed by atoms with Crippen LogP contribution in [0.15, 0.2) is 150 Å². The van der Waals surface area contributed by atoms with Gasteiger partial charge in [-0.1, -0.05) is 84.9 Å². The molecular weight excluding hydrogens is 536 g/mol. The van der Waals surface area contributed by atoms with Gasteiger partial charge in [-0.25, -0.2) is 4.98 Å². The molecule has 0 saturated heterocycles. The van der Waals surface area contributed by atoms with Crippen molar-refractivity contribution in [1.29, 1.82) is 0 Å². The molecule has 3 heteroatoms. The van der Waals surface area contributed by atoms with E-state index < -0.39 is 0 Å². The second-order valence-corrected chi connectivity index (χ2v) is 11.6. The number of hydrogen-bond acceptors (Lipinski definition) is 2. The van der Waals surface area contributed by atoms with Crippen LogP contribution < -0.4 is 0 Å². The molecule has 0 amide bonds. The smallest absolute Gasteiger partial charge is 0.145 e. The van der Waals surface area contributed by atoms with Crippen molar-refractivity contribution in [2.45, 2.75) is 0 Å². The third kappa shape index (κ3) is 3.24. The van der Waals surface area contributed by atoms with Gasteiger partial charge in [0.2, 0.25) is 0 Å². The van der Waals surface area contributed by atoms with E-state index in [2.05, 4.69) is 138 Å². The van der Waals surface area contributed by atoms with Crippen LogP contribution in [0, 0.1) is 0 Å². The molecule has 10 rings (SSSR count). The zero-order valence-electron chi connectivity index (χ0n) is 23.7. The average Bonchev–Trinajstić information content (AvgIpc) is 3.63. The van der Waals surface area contributed by atoms with Gasteiger partial charge in [0, 0.05) is 33.8 Å². The minimum atomic E-state index is 0.868. The molecule has 204 valence electrons. The van der Waals surface area contributed by atoms with E-state index in [4.69, 9.17) is 9.40 Å². The van der Waals surface area contributed by atoms with Crippen molar-refractivity contribution in [3.8, 4) is 16.8 Å². The van der Waals surface area contributed by atoms with Crippen LogP contribution in [-0.2, 0) is 0 Å². The number of rotatable bonds is 2. The molecule has 0 radical (unpaired) electrons. The summed E-state index contributed by atoms with van der Waals surface area (Å²) in [7, 11) is 0. The summed E-state index contributed by atoms with van der Waals surface area (Å²) in [5.41, 5.74) is 7.19. The Bertz CT molecular complexity index is 2690. The fourth-order valence-electron chi connectivity index (χ4n) is 7.23. The first-order valence-electron chi connectivity index (χ1n) is 15.0. The van der Waals surface area contributed by atoms with E-state index in [0.29, 0.717) is 0 Å². The molecule has 0 spiro atoms. The summed E-state index contributed by atoms with van der Waals surface area (Å²) in [6, 6.07) is 50.0. The first-order valence-corrected chi connectivity index (χ1v) is 15.0. The lowest BCUT2D eigenvalue weighted by molar-refractivity contribution is 0.669. The zero-order valence-corrected chi connectivity index (χ0v) is 23.7. The molecule has 10 aromatic rings. The minimum absolute atomic E-state index is 0.868. The largest absolute Gasteiger partial charge is 0.456 e. The molecule has 0 N–H and O–H groups in total. The molecule has 0 unspecified atom stereocenters. The zero-order chi connectivity index (χ0) is 28.8. The van der Waals surface area contributed by atoms with Crippen LogP contribution in [0.4, 0.5) is 0 Å². The van der Waals surface area contributed by atoms with Crippen molar-refractivity contribution in [2.75, 3.05) is 0 Å². The number of nitrogens with zero attached hydrogens (tertiary/aromatic N) is 2. The summed E-state index contributed by atoms with van der Waals surface area (Å²) >= 11 is 0. The minimum Gasteiger partial charge on any atom is -0.456 e. The maximum Gasteiger partial charge on any atom is 0.145 e. The highest BCUT2D eigenvalue weighted by Gasteiger charge is 2.16. The van der Waals surface area contributed by atoms with Crippen molar-refractivity contribution in [3.63, 3.8) is 0 Å². The Hall–Kier alpha value is -5.93. The number of hydrogen-bond donors (Lipinski definition) is 0. The van der Waals surface area contributed by atoms with Gasteiger partial charge in [-0.2, -0.15) is 0 Å². The van der Waals surface area contributed by atoms with Crippen molar-refractivity contribution in [1.82, 2.24) is 9.55 Å². The van der Waals surface area contributed by atoms with Gasteiger partial charge in [-0.05, 0) is 92.0 Å². The Morgan fingerprint density at radius 3 is 1.70 bits per heavy atom. The van der Waals surface area contributed by atoms with Crippen LogP contribution >= 0.6 is 0 Å². The van der Waals surface area contributed by atoms with Crippen LogP contribution in [0.2, 0.25) is 0 Å². The van der Waals surface area contributed by atoms with Crippen LogP contribution in [0.3, 0.4) is 0 Å². The molecule has 0 aliphatic carbocycles. The van der Waals surface area contributed by atoms with Crippen LogP contribution in [-0.4, -0.2) is 9.55 Å². The van der Waals surface area contributed by atoms with E-state index >= 15 is 0 Å². The second kappa shape index (κ2) is 8.79. The van der Waals surface area contributed by atoms with Crippen LogP contribution in [0.25, 0.3) is 93.0 Å². The summed E-state index contributed by atoms with van der Waals surface area (Å²) in [6.07, 6.45) is 1.86. The van der Waals surface area contributed by atoms with Crippen LogP contribution in [0.1, 0.15) is 0 Å². The molecule has 3 nitrogen and oxygen atoms in total. The van der Waals surface area contributed by atoms with E-state index in [1.54, 1.807) is 0 Å².